The fourth-order valence-corrected chi connectivity index (χ4v) is 4.27. The van der Waals surface area contributed by atoms with Crippen molar-refractivity contribution in [3.05, 3.63) is 91.0 Å². The number of hydrogen-bond acceptors (Lipinski definition) is 0. The molecule has 0 aliphatic heterocycles. The topological polar surface area (TPSA) is 0 Å². The van der Waals surface area contributed by atoms with Crippen LogP contribution in [0.25, 0.3) is 21.9 Å². The van der Waals surface area contributed by atoms with E-state index in [4.69, 9.17) is 0 Å². The molecule has 0 saturated carbocycles. The van der Waals surface area contributed by atoms with Crippen molar-refractivity contribution in [1.82, 2.24) is 0 Å². The summed E-state index contributed by atoms with van der Waals surface area (Å²) in [5.74, 6) is 0. The smallest absolute Gasteiger partial charge is 1.00 e. The largest absolute Gasteiger partial charge is 4.00 e. The van der Waals surface area contributed by atoms with Crippen molar-refractivity contribution in [3.63, 3.8) is 0 Å². The summed E-state index contributed by atoms with van der Waals surface area (Å²) in [6.45, 7) is 4.75. The molecule has 0 heterocycles. The van der Waals surface area contributed by atoms with E-state index in [9.17, 15) is 0 Å². The van der Waals surface area contributed by atoms with Crippen LogP contribution in [0, 0.1) is 0 Å². The van der Waals surface area contributed by atoms with Gasteiger partial charge < -0.3 is 24.8 Å². The molecule has 0 bridgehead atoms. The second kappa shape index (κ2) is 12.5. The Bertz CT molecular complexity index is 836. The molecule has 4 aromatic carbocycles. The van der Waals surface area contributed by atoms with Crippen LogP contribution in [0.3, 0.4) is 0 Å². The molecule has 0 saturated heterocycles. The second-order valence-corrected chi connectivity index (χ2v) is 9.00. The fraction of sp³-hybridized carbons (Fsp3) is 0.0909. The van der Waals surface area contributed by atoms with Gasteiger partial charge in [0.15, 0.2) is 0 Å². The molecule has 26 heavy (non-hydrogen) atoms. The monoisotopic (exact) mass is 474 g/mol. The normalized spacial score (nSPS) is 9.35. The molecule has 0 aliphatic rings. The first-order chi connectivity index (χ1) is 11.3. The standard InChI is InChI=1S/C13H15Si.C9H7.2ClH.Zr/c1-14(2)13-10-6-9-12(13)11-7-4-3-5-8-11;1-2-5-9-7-3-6-8(9)4-1;;;/h3-10,14H,1-2H3;1-7H;2*1H;/q2*-1;;;+4/p-2. The summed E-state index contributed by atoms with van der Waals surface area (Å²) in [6.07, 6.45) is 0. The van der Waals surface area contributed by atoms with Gasteiger partial charge in [0.05, 0.1) is 0 Å². The average Bonchev–Trinajstić information content (AvgIpc) is 3.25. The summed E-state index contributed by atoms with van der Waals surface area (Å²) >= 11 is 0. The van der Waals surface area contributed by atoms with Gasteiger partial charge in [-0.25, -0.2) is 0 Å². The van der Waals surface area contributed by atoms with E-state index in [-0.39, 0.29) is 51.0 Å². The van der Waals surface area contributed by atoms with E-state index in [2.05, 4.69) is 104 Å². The van der Waals surface area contributed by atoms with Gasteiger partial charge in [-0.05, 0) is 0 Å². The van der Waals surface area contributed by atoms with E-state index in [1.807, 2.05) is 0 Å². The molecular weight excluding hydrogens is 454 g/mol. The summed E-state index contributed by atoms with van der Waals surface area (Å²) in [7, 11) is -0.689. The van der Waals surface area contributed by atoms with Crippen LogP contribution in [0.5, 0.6) is 0 Å². The van der Waals surface area contributed by atoms with Crippen molar-refractivity contribution >= 4 is 24.8 Å². The maximum absolute atomic E-state index is 2.38. The van der Waals surface area contributed by atoms with E-state index in [0.29, 0.717) is 0 Å². The number of fused-ring (bicyclic) bond motifs is 1. The Balaban J connectivity index is 0.000000460. The van der Waals surface area contributed by atoms with Crippen LogP contribution in [0.4, 0.5) is 0 Å². The predicted molar refractivity (Wildman–Crippen MR) is 106 cm³/mol. The number of hydrogen-bond donors (Lipinski definition) is 0. The summed E-state index contributed by atoms with van der Waals surface area (Å²) in [5.41, 5.74) is 2.79. The van der Waals surface area contributed by atoms with Gasteiger partial charge in [0.2, 0.25) is 0 Å². The maximum atomic E-state index is 2.38. The minimum absolute atomic E-state index is 0. The van der Waals surface area contributed by atoms with Crippen LogP contribution in [-0.2, 0) is 26.2 Å². The van der Waals surface area contributed by atoms with E-state index >= 15 is 0 Å². The molecule has 132 valence electrons. The Morgan fingerprint density at radius 2 is 1.42 bits per heavy atom. The fourth-order valence-electron chi connectivity index (χ4n) is 2.89. The van der Waals surface area contributed by atoms with Crippen molar-refractivity contribution in [2.24, 2.45) is 0 Å². The minimum atomic E-state index is -0.689. The molecule has 0 nitrogen and oxygen atoms in total. The SMILES string of the molecule is C[SiH](C)[c-]1cccc1-c1ccccc1.[Cl-].[Cl-].[Zr+4].c1ccc2[cH-]ccc2c1. The van der Waals surface area contributed by atoms with Crippen molar-refractivity contribution in [2.45, 2.75) is 13.1 Å². The molecule has 4 rings (SSSR count). The van der Waals surface area contributed by atoms with Crippen molar-refractivity contribution in [1.29, 1.82) is 0 Å². The Morgan fingerprint density at radius 3 is 2.08 bits per heavy atom. The molecule has 0 unspecified atom stereocenters. The Morgan fingerprint density at radius 1 is 0.769 bits per heavy atom. The summed E-state index contributed by atoms with van der Waals surface area (Å²) in [5, 5.41) is 4.24. The second-order valence-electron chi connectivity index (χ2n) is 6.07. The number of rotatable bonds is 2. The number of halogens is 2. The molecule has 0 atom stereocenters. The van der Waals surface area contributed by atoms with Crippen molar-refractivity contribution < 1.29 is 51.0 Å². The van der Waals surface area contributed by atoms with Gasteiger partial charge in [-0.1, -0.05) is 49.5 Å². The molecule has 4 aromatic rings. The van der Waals surface area contributed by atoms with Gasteiger partial charge >= 0.3 is 26.2 Å². The molecule has 0 aliphatic carbocycles. The van der Waals surface area contributed by atoms with Gasteiger partial charge in [-0.3, -0.25) is 0 Å². The van der Waals surface area contributed by atoms with Crippen LogP contribution < -0.4 is 30.0 Å². The maximum Gasteiger partial charge on any atom is 4.00 e. The predicted octanol–water partition coefficient (Wildman–Crippen LogP) is -0.670. The van der Waals surface area contributed by atoms with Crippen molar-refractivity contribution in [3.8, 4) is 11.1 Å². The Hall–Kier alpha value is -0.920. The first-order valence-corrected chi connectivity index (χ1v) is 11.1. The molecule has 0 amide bonds. The first kappa shape index (κ1) is 25.1. The average molecular weight is 477 g/mol. The zero-order chi connectivity index (χ0) is 16.1. The first-order valence-electron chi connectivity index (χ1n) is 8.17. The van der Waals surface area contributed by atoms with Gasteiger partial charge in [-0.15, -0.1) is 46.0 Å². The van der Waals surface area contributed by atoms with E-state index < -0.39 is 8.80 Å². The summed E-state index contributed by atoms with van der Waals surface area (Å²) in [4.78, 5) is 0. The Kier molecular flexibility index (Phi) is 12.0. The van der Waals surface area contributed by atoms with Crippen LogP contribution >= 0.6 is 0 Å². The van der Waals surface area contributed by atoms with Crippen LogP contribution in [0.15, 0.2) is 91.0 Å². The number of benzene rings is 2. The molecule has 0 N–H and O–H groups in total. The van der Waals surface area contributed by atoms with Crippen LogP contribution in [0.1, 0.15) is 0 Å². The third-order valence-corrected chi connectivity index (χ3v) is 5.85. The van der Waals surface area contributed by atoms with E-state index in [0.717, 1.165) is 0 Å². The van der Waals surface area contributed by atoms with Gasteiger partial charge in [0.1, 0.15) is 0 Å². The molecule has 0 aromatic heterocycles. The van der Waals surface area contributed by atoms with Gasteiger partial charge in [-0.2, -0.15) is 35.7 Å². The third-order valence-electron chi connectivity index (χ3n) is 4.10. The zero-order valence-corrected chi connectivity index (χ0v) is 20.1. The molecular formula is C22H22Cl2SiZr. The summed E-state index contributed by atoms with van der Waals surface area (Å²) < 4.78 is 0. The van der Waals surface area contributed by atoms with Crippen LogP contribution in [-0.4, -0.2) is 8.80 Å². The minimum Gasteiger partial charge on any atom is -1.00 e. The van der Waals surface area contributed by atoms with Gasteiger partial charge in [0, 0.05) is 8.80 Å². The van der Waals surface area contributed by atoms with Crippen molar-refractivity contribution in [2.75, 3.05) is 0 Å². The quantitative estimate of drug-likeness (QED) is 0.266. The van der Waals surface area contributed by atoms with Gasteiger partial charge in [0.25, 0.3) is 0 Å². The molecule has 0 fully saturated rings. The molecule has 0 spiro atoms. The van der Waals surface area contributed by atoms with E-state index in [1.165, 1.54) is 21.9 Å². The molecule has 0 radical (unpaired) electrons. The summed E-state index contributed by atoms with van der Waals surface area (Å²) in [6, 6.07) is 32.0. The zero-order valence-electron chi connectivity index (χ0n) is 15.0. The third kappa shape index (κ3) is 6.35. The van der Waals surface area contributed by atoms with Crippen LogP contribution in [0.2, 0.25) is 13.1 Å². The van der Waals surface area contributed by atoms with E-state index in [1.54, 1.807) is 5.19 Å². The Labute approximate surface area is 189 Å². The molecule has 4 heteroatoms.